The minimum Gasteiger partial charge on any atom is -0.469 e. The van der Waals surface area contributed by atoms with Crippen LogP contribution in [-0.2, 0) is 33.2 Å². The van der Waals surface area contributed by atoms with E-state index in [4.69, 9.17) is 28.4 Å². The van der Waals surface area contributed by atoms with Crippen molar-refractivity contribution in [1.29, 1.82) is 0 Å². The lowest BCUT2D eigenvalue weighted by molar-refractivity contribution is -0.275. The Balaban J connectivity index is 1.21. The second-order valence-corrected chi connectivity index (χ2v) is 12.1. The van der Waals surface area contributed by atoms with Crippen molar-refractivity contribution in [3.8, 4) is 0 Å². The normalized spacial score (nSPS) is 51.2. The van der Waals surface area contributed by atoms with E-state index in [0.29, 0.717) is 32.3 Å². The molecule has 6 rings (SSSR count). The van der Waals surface area contributed by atoms with Gasteiger partial charge in [0.2, 0.25) is 5.79 Å². The molecule has 0 amide bonds. The summed E-state index contributed by atoms with van der Waals surface area (Å²) in [4.78, 5) is 13.5. The van der Waals surface area contributed by atoms with E-state index in [2.05, 4.69) is 13.0 Å². The molecule has 9 heteroatoms. The second kappa shape index (κ2) is 9.31. The maximum atomic E-state index is 13.5. The van der Waals surface area contributed by atoms with Crippen molar-refractivity contribution < 1.29 is 43.4 Å². The Kier molecular flexibility index (Phi) is 6.49. The number of aliphatic hydroxyl groups is 2. The van der Waals surface area contributed by atoms with E-state index in [1.165, 1.54) is 5.57 Å². The van der Waals surface area contributed by atoms with Crippen LogP contribution in [0.3, 0.4) is 0 Å². The summed E-state index contributed by atoms with van der Waals surface area (Å²) in [6.45, 7) is 6.25. The first kappa shape index (κ1) is 25.8. The van der Waals surface area contributed by atoms with Crippen molar-refractivity contribution in [2.45, 2.75) is 108 Å². The molecule has 4 fully saturated rings. The number of carbonyl (C=O) groups excluding carboxylic acids is 1. The van der Waals surface area contributed by atoms with Crippen LogP contribution in [0.1, 0.15) is 59.3 Å². The molecule has 0 bridgehead atoms. The Morgan fingerprint density at radius 1 is 1.19 bits per heavy atom. The average molecular weight is 521 g/mol. The summed E-state index contributed by atoms with van der Waals surface area (Å²) in [5.74, 6) is -1.21. The molecule has 3 saturated heterocycles. The summed E-state index contributed by atoms with van der Waals surface area (Å²) in [6.07, 6.45) is 4.18. The molecule has 0 aromatic heterocycles. The molecule has 206 valence electrons. The van der Waals surface area contributed by atoms with E-state index < -0.39 is 36.5 Å². The first-order chi connectivity index (χ1) is 17.6. The number of hydrogen-bond donors (Lipinski definition) is 2. The Morgan fingerprint density at radius 2 is 2.00 bits per heavy atom. The first-order valence-corrected chi connectivity index (χ1v) is 13.7. The Bertz CT molecular complexity index is 979. The van der Waals surface area contributed by atoms with Crippen LogP contribution in [0.15, 0.2) is 23.5 Å². The highest BCUT2D eigenvalue weighted by atomic mass is 16.7. The van der Waals surface area contributed by atoms with Gasteiger partial charge < -0.3 is 38.6 Å². The minimum absolute atomic E-state index is 0.0436. The number of esters is 1. The van der Waals surface area contributed by atoms with Gasteiger partial charge in [-0.2, -0.15) is 0 Å². The standard InChI is InChI=1S/C28H40O9/c1-14-25(30)21(32-4)10-23(35-14)36-20-9-16-6-7-17-18(27(16,2)11-19(20)29)8-5-15-12-33-28(3)24(15)22(13-34-28)37-26(17)31/h6,12,14,17-25,29-30H,5,7-11,13H2,1-4H3/t14-,17-,18+,19+,20?,21-,22-,23+,24?,25-,27+,28+/m1/s1. The molecule has 1 saturated carbocycles. The fourth-order valence-electron chi connectivity index (χ4n) is 7.91. The zero-order chi connectivity index (χ0) is 26.1. The highest BCUT2D eigenvalue weighted by Gasteiger charge is 2.58. The quantitative estimate of drug-likeness (QED) is 0.428. The van der Waals surface area contributed by atoms with Gasteiger partial charge in [-0.3, -0.25) is 4.79 Å². The van der Waals surface area contributed by atoms with E-state index in [9.17, 15) is 15.0 Å². The van der Waals surface area contributed by atoms with Crippen molar-refractivity contribution in [3.63, 3.8) is 0 Å². The molecule has 4 aliphatic heterocycles. The van der Waals surface area contributed by atoms with Crippen molar-refractivity contribution in [3.05, 3.63) is 23.5 Å². The molecule has 0 radical (unpaired) electrons. The molecule has 2 unspecified atom stereocenters. The molecular formula is C28H40O9. The predicted octanol–water partition coefficient (Wildman–Crippen LogP) is 2.59. The van der Waals surface area contributed by atoms with Crippen LogP contribution >= 0.6 is 0 Å². The van der Waals surface area contributed by atoms with E-state index in [-0.39, 0.29) is 41.3 Å². The third-order valence-electron chi connectivity index (χ3n) is 10.1. The van der Waals surface area contributed by atoms with Crippen molar-refractivity contribution in [2.24, 2.45) is 23.2 Å². The number of carbonyl (C=O) groups is 1. The van der Waals surface area contributed by atoms with Crippen LogP contribution in [0.4, 0.5) is 0 Å². The van der Waals surface area contributed by atoms with Gasteiger partial charge in [-0.15, -0.1) is 0 Å². The largest absolute Gasteiger partial charge is 0.469 e. The topological polar surface area (TPSA) is 113 Å². The molecule has 0 aromatic carbocycles. The van der Waals surface area contributed by atoms with Gasteiger partial charge in [-0.1, -0.05) is 18.6 Å². The third-order valence-corrected chi connectivity index (χ3v) is 10.1. The van der Waals surface area contributed by atoms with Crippen molar-refractivity contribution >= 4 is 5.97 Å². The van der Waals surface area contributed by atoms with Crippen molar-refractivity contribution in [1.82, 2.24) is 0 Å². The molecule has 2 N–H and O–H groups in total. The van der Waals surface area contributed by atoms with E-state index in [1.807, 2.05) is 13.2 Å². The summed E-state index contributed by atoms with van der Waals surface area (Å²) in [6, 6.07) is 0. The van der Waals surface area contributed by atoms with Crippen LogP contribution in [-0.4, -0.2) is 78.6 Å². The summed E-state index contributed by atoms with van der Waals surface area (Å²) in [7, 11) is 1.57. The highest BCUT2D eigenvalue weighted by Crippen LogP contribution is 2.57. The van der Waals surface area contributed by atoms with Crippen LogP contribution in [0.5, 0.6) is 0 Å². The second-order valence-electron chi connectivity index (χ2n) is 12.1. The van der Waals surface area contributed by atoms with Crippen LogP contribution in [0.25, 0.3) is 0 Å². The van der Waals surface area contributed by atoms with Gasteiger partial charge in [0.15, 0.2) is 6.29 Å². The molecule has 9 nitrogen and oxygen atoms in total. The van der Waals surface area contributed by atoms with E-state index >= 15 is 0 Å². The van der Waals surface area contributed by atoms with Crippen LogP contribution in [0.2, 0.25) is 0 Å². The van der Waals surface area contributed by atoms with Gasteiger partial charge in [0.1, 0.15) is 12.2 Å². The number of hydrogen-bond acceptors (Lipinski definition) is 9. The van der Waals surface area contributed by atoms with Gasteiger partial charge in [-0.25, -0.2) is 0 Å². The summed E-state index contributed by atoms with van der Waals surface area (Å²) < 4.78 is 35.4. The molecule has 0 spiro atoms. The van der Waals surface area contributed by atoms with Gasteiger partial charge in [-0.05, 0) is 55.9 Å². The zero-order valence-electron chi connectivity index (χ0n) is 22.1. The zero-order valence-corrected chi connectivity index (χ0v) is 22.1. The summed E-state index contributed by atoms with van der Waals surface area (Å²) in [5.41, 5.74) is 2.04. The average Bonchev–Trinajstić information content (AvgIpc) is 3.36. The fourth-order valence-corrected chi connectivity index (χ4v) is 7.91. The molecule has 4 heterocycles. The van der Waals surface area contributed by atoms with Gasteiger partial charge in [0.25, 0.3) is 0 Å². The number of rotatable bonds is 3. The highest BCUT2D eigenvalue weighted by molar-refractivity contribution is 5.74. The number of ether oxygens (including phenoxy) is 6. The Hall–Kier alpha value is -1.49. The summed E-state index contributed by atoms with van der Waals surface area (Å²) >= 11 is 0. The Morgan fingerprint density at radius 3 is 2.78 bits per heavy atom. The van der Waals surface area contributed by atoms with Gasteiger partial charge >= 0.3 is 5.97 Å². The lowest BCUT2D eigenvalue weighted by Crippen LogP contribution is -2.53. The number of aliphatic hydroxyl groups excluding tert-OH is 2. The third kappa shape index (κ3) is 4.17. The molecular weight excluding hydrogens is 480 g/mol. The monoisotopic (exact) mass is 520 g/mol. The van der Waals surface area contributed by atoms with E-state index in [0.717, 1.165) is 18.4 Å². The smallest absolute Gasteiger partial charge is 0.309 e. The van der Waals surface area contributed by atoms with Gasteiger partial charge in [0.05, 0.1) is 49.1 Å². The number of allylic oxidation sites excluding steroid dienone is 1. The minimum atomic E-state index is -0.759. The molecule has 2 aliphatic carbocycles. The SMILES string of the molecule is CO[C@@H]1C[C@H](OC2CC3=CC[C@H]4C(=O)O[C@@H]5CO[C@]6(C)OC=C(CC[C@@H]4[C@@]3(C)C[C@@H]2O)C56)O[C@H](C)[C@H]1O. The lowest BCUT2D eigenvalue weighted by atomic mass is 9.55. The Labute approximate surface area is 218 Å². The maximum Gasteiger partial charge on any atom is 0.309 e. The first-order valence-electron chi connectivity index (χ1n) is 13.7. The van der Waals surface area contributed by atoms with Gasteiger partial charge in [0, 0.05) is 20.5 Å². The lowest BCUT2D eigenvalue weighted by Gasteiger charge is -2.52. The number of methoxy groups -OCH3 is 1. The molecule has 37 heavy (non-hydrogen) atoms. The van der Waals surface area contributed by atoms with Crippen LogP contribution in [0, 0.1) is 23.2 Å². The predicted molar refractivity (Wildman–Crippen MR) is 130 cm³/mol. The number of fused-ring (bicyclic) bond motifs is 3. The van der Waals surface area contributed by atoms with E-state index in [1.54, 1.807) is 14.0 Å². The summed E-state index contributed by atoms with van der Waals surface area (Å²) in [5, 5.41) is 21.6. The molecule has 0 aromatic rings. The van der Waals surface area contributed by atoms with Crippen LogP contribution < -0.4 is 0 Å². The molecule has 6 aliphatic rings. The molecule has 12 atom stereocenters. The fraction of sp³-hybridized carbons (Fsp3) is 0.821. The van der Waals surface area contributed by atoms with Crippen molar-refractivity contribution in [2.75, 3.05) is 13.7 Å². The maximum absolute atomic E-state index is 13.5.